The van der Waals surface area contributed by atoms with Gasteiger partial charge in [0, 0.05) is 23.8 Å². The molecule has 2 heteroatoms. The van der Waals surface area contributed by atoms with Crippen molar-refractivity contribution in [3.05, 3.63) is 59.7 Å². The molecular weight excluding hydrogens is 254 g/mol. The van der Waals surface area contributed by atoms with E-state index in [2.05, 4.69) is 60.4 Å². The average molecular weight is 272 g/mol. The van der Waals surface area contributed by atoms with Crippen LogP contribution in [0.15, 0.2) is 48.5 Å². The van der Waals surface area contributed by atoms with Crippen molar-refractivity contribution in [2.45, 2.75) is 19.2 Å². The summed E-state index contributed by atoms with van der Waals surface area (Å²) in [5.41, 5.74) is 5.22. The van der Waals surface area contributed by atoms with Gasteiger partial charge in [0.25, 0.3) is 0 Å². The van der Waals surface area contributed by atoms with Gasteiger partial charge in [-0.05, 0) is 41.7 Å². The van der Waals surface area contributed by atoms with Crippen molar-refractivity contribution in [2.75, 3.05) is 11.4 Å². The van der Waals surface area contributed by atoms with Gasteiger partial charge in [-0.2, -0.15) is 0 Å². The molecular formula is C17H18ClN. The first-order chi connectivity index (χ1) is 9.28. The summed E-state index contributed by atoms with van der Waals surface area (Å²) in [5.74, 6) is 1.26. The number of alkyl halides is 1. The molecule has 98 valence electrons. The van der Waals surface area contributed by atoms with Crippen molar-refractivity contribution in [3.8, 4) is 0 Å². The molecule has 19 heavy (non-hydrogen) atoms. The number of hydrogen-bond acceptors (Lipinski definition) is 1. The van der Waals surface area contributed by atoms with Crippen LogP contribution in [-0.4, -0.2) is 6.54 Å². The second kappa shape index (κ2) is 5.26. The van der Waals surface area contributed by atoms with E-state index in [0.29, 0.717) is 11.8 Å². The third-order valence-corrected chi connectivity index (χ3v) is 4.06. The smallest absolute Gasteiger partial charge is 0.0474 e. The van der Waals surface area contributed by atoms with Gasteiger partial charge in [-0.1, -0.05) is 37.3 Å². The summed E-state index contributed by atoms with van der Waals surface area (Å²) in [6.45, 7) is 3.40. The van der Waals surface area contributed by atoms with E-state index in [4.69, 9.17) is 11.6 Å². The topological polar surface area (TPSA) is 3.24 Å². The number of fused-ring (bicyclic) bond motifs is 1. The van der Waals surface area contributed by atoms with Crippen LogP contribution in [-0.2, 0) is 12.3 Å². The fraction of sp³-hybridized carbons (Fsp3) is 0.294. The van der Waals surface area contributed by atoms with Crippen molar-refractivity contribution in [1.29, 1.82) is 0 Å². The van der Waals surface area contributed by atoms with Crippen LogP contribution in [0.4, 0.5) is 11.4 Å². The van der Waals surface area contributed by atoms with Gasteiger partial charge in [0.05, 0.1) is 0 Å². The van der Waals surface area contributed by atoms with Crippen molar-refractivity contribution >= 4 is 23.0 Å². The summed E-state index contributed by atoms with van der Waals surface area (Å²) in [7, 11) is 0. The summed E-state index contributed by atoms with van der Waals surface area (Å²) in [4.78, 5) is 2.42. The molecule has 1 nitrogen and oxygen atoms in total. The summed E-state index contributed by atoms with van der Waals surface area (Å²) in [5, 5.41) is 0. The molecule has 0 bridgehead atoms. The molecule has 1 heterocycles. The lowest BCUT2D eigenvalue weighted by atomic mass is 9.93. The minimum atomic E-state index is 0.577. The first kappa shape index (κ1) is 12.6. The molecule has 0 fully saturated rings. The molecule has 0 aromatic heterocycles. The minimum absolute atomic E-state index is 0.577. The Labute approximate surface area is 119 Å². The van der Waals surface area contributed by atoms with Crippen LogP contribution in [0.1, 0.15) is 18.1 Å². The Morgan fingerprint density at radius 2 is 1.84 bits per heavy atom. The quantitative estimate of drug-likeness (QED) is 0.712. The predicted octanol–water partition coefficient (Wildman–Crippen LogP) is 4.76. The van der Waals surface area contributed by atoms with Gasteiger partial charge in [0.15, 0.2) is 0 Å². The monoisotopic (exact) mass is 271 g/mol. The SMILES string of the molecule is CC1Cc2ccccc2N(c2ccc(CCl)cc2)C1. The van der Waals surface area contributed by atoms with E-state index in [1.807, 2.05) is 0 Å². The number of halogens is 1. The molecule has 1 aliphatic rings. The lowest BCUT2D eigenvalue weighted by Crippen LogP contribution is -2.30. The molecule has 0 N–H and O–H groups in total. The van der Waals surface area contributed by atoms with Crippen LogP contribution < -0.4 is 4.90 Å². The molecule has 0 aliphatic carbocycles. The molecule has 2 aromatic carbocycles. The summed E-state index contributed by atoms with van der Waals surface area (Å²) >= 11 is 5.86. The molecule has 3 rings (SSSR count). The maximum atomic E-state index is 5.86. The molecule has 1 atom stereocenters. The molecule has 1 aliphatic heterocycles. The van der Waals surface area contributed by atoms with Gasteiger partial charge >= 0.3 is 0 Å². The van der Waals surface area contributed by atoms with Crippen LogP contribution >= 0.6 is 11.6 Å². The number of anilines is 2. The van der Waals surface area contributed by atoms with E-state index in [0.717, 1.165) is 6.54 Å². The highest BCUT2D eigenvalue weighted by Crippen LogP contribution is 2.35. The molecule has 0 radical (unpaired) electrons. The van der Waals surface area contributed by atoms with E-state index >= 15 is 0 Å². The maximum absolute atomic E-state index is 5.86. The van der Waals surface area contributed by atoms with Crippen molar-refractivity contribution in [1.82, 2.24) is 0 Å². The number of nitrogens with zero attached hydrogens (tertiary/aromatic N) is 1. The van der Waals surface area contributed by atoms with Crippen molar-refractivity contribution < 1.29 is 0 Å². The van der Waals surface area contributed by atoms with E-state index in [-0.39, 0.29) is 0 Å². The Balaban J connectivity index is 1.99. The van der Waals surface area contributed by atoms with Crippen molar-refractivity contribution in [3.63, 3.8) is 0 Å². The summed E-state index contributed by atoms with van der Waals surface area (Å²) in [6.07, 6.45) is 1.17. The number of hydrogen-bond donors (Lipinski definition) is 0. The van der Waals surface area contributed by atoms with Gasteiger partial charge in [-0.15, -0.1) is 11.6 Å². The number of para-hydroxylation sites is 1. The second-order valence-electron chi connectivity index (χ2n) is 5.35. The highest BCUT2D eigenvalue weighted by molar-refractivity contribution is 6.17. The lowest BCUT2D eigenvalue weighted by Gasteiger charge is -2.35. The van der Waals surface area contributed by atoms with Crippen LogP contribution in [0.5, 0.6) is 0 Å². The number of benzene rings is 2. The maximum Gasteiger partial charge on any atom is 0.0474 e. The Hall–Kier alpha value is -1.47. The highest BCUT2D eigenvalue weighted by atomic mass is 35.5. The fourth-order valence-corrected chi connectivity index (χ4v) is 2.98. The Kier molecular flexibility index (Phi) is 3.48. The Morgan fingerprint density at radius 1 is 1.11 bits per heavy atom. The van der Waals surface area contributed by atoms with Crippen molar-refractivity contribution in [2.24, 2.45) is 5.92 Å². The summed E-state index contributed by atoms with van der Waals surface area (Å²) < 4.78 is 0. The third-order valence-electron chi connectivity index (χ3n) is 3.75. The van der Waals surface area contributed by atoms with Crippen LogP contribution in [0.2, 0.25) is 0 Å². The average Bonchev–Trinajstić information content (AvgIpc) is 2.46. The van der Waals surface area contributed by atoms with Gasteiger partial charge in [-0.3, -0.25) is 0 Å². The zero-order valence-electron chi connectivity index (χ0n) is 11.1. The van der Waals surface area contributed by atoms with E-state index < -0.39 is 0 Å². The third kappa shape index (κ3) is 2.48. The zero-order chi connectivity index (χ0) is 13.2. The first-order valence-electron chi connectivity index (χ1n) is 6.78. The molecule has 0 saturated carbocycles. The molecule has 0 saturated heterocycles. The van der Waals surface area contributed by atoms with E-state index in [9.17, 15) is 0 Å². The van der Waals surface area contributed by atoms with E-state index in [1.54, 1.807) is 0 Å². The molecule has 0 amide bonds. The normalized spacial score (nSPS) is 18.2. The van der Waals surface area contributed by atoms with Gasteiger partial charge < -0.3 is 4.90 Å². The lowest BCUT2D eigenvalue weighted by molar-refractivity contribution is 0.562. The van der Waals surface area contributed by atoms with Crippen LogP contribution in [0.25, 0.3) is 0 Å². The molecule has 0 spiro atoms. The molecule has 1 unspecified atom stereocenters. The van der Waals surface area contributed by atoms with E-state index in [1.165, 1.54) is 28.9 Å². The zero-order valence-corrected chi connectivity index (χ0v) is 11.9. The molecule has 2 aromatic rings. The Morgan fingerprint density at radius 3 is 2.58 bits per heavy atom. The highest BCUT2D eigenvalue weighted by Gasteiger charge is 2.22. The largest absolute Gasteiger partial charge is 0.341 e. The summed E-state index contributed by atoms with van der Waals surface area (Å²) in [6, 6.07) is 17.3. The first-order valence-corrected chi connectivity index (χ1v) is 7.31. The number of rotatable bonds is 2. The predicted molar refractivity (Wildman–Crippen MR) is 82.3 cm³/mol. The van der Waals surface area contributed by atoms with Gasteiger partial charge in [0.2, 0.25) is 0 Å². The minimum Gasteiger partial charge on any atom is -0.341 e. The fourth-order valence-electron chi connectivity index (χ4n) is 2.81. The van der Waals surface area contributed by atoms with Gasteiger partial charge in [-0.25, -0.2) is 0 Å². The standard InChI is InChI=1S/C17H18ClN/c1-13-10-15-4-2-3-5-17(15)19(12-13)16-8-6-14(11-18)7-9-16/h2-9,13H,10-12H2,1H3. The van der Waals surface area contributed by atoms with Crippen LogP contribution in [0, 0.1) is 5.92 Å². The Bertz CT molecular complexity index is 562. The van der Waals surface area contributed by atoms with Gasteiger partial charge in [0.1, 0.15) is 0 Å². The second-order valence-corrected chi connectivity index (χ2v) is 5.62. The van der Waals surface area contributed by atoms with Crippen LogP contribution in [0.3, 0.4) is 0 Å².